The number of nitrogens with zero attached hydrogens (tertiary/aromatic N) is 4. The molecule has 2 heterocycles. The van der Waals surface area contributed by atoms with Crippen LogP contribution in [0.2, 0.25) is 0 Å². The van der Waals surface area contributed by atoms with Crippen molar-refractivity contribution >= 4 is 10.9 Å². The van der Waals surface area contributed by atoms with Gasteiger partial charge in [0.25, 0.3) is 0 Å². The fraction of sp³-hybridized carbons (Fsp3) is 0.0536. The largest absolute Gasteiger partial charge is 0.316 e. The summed E-state index contributed by atoms with van der Waals surface area (Å²) in [6, 6.07) is 71.1. The molecular weight excluding hydrogens is 729 g/mol. The highest BCUT2D eigenvalue weighted by Crippen LogP contribution is 2.51. The van der Waals surface area contributed by atoms with Crippen molar-refractivity contribution in [1.82, 2.24) is 19.5 Å². The van der Waals surface area contributed by atoms with Crippen molar-refractivity contribution in [2.24, 2.45) is 0 Å². The van der Waals surface area contributed by atoms with Crippen molar-refractivity contribution in [3.8, 4) is 84.4 Å². The van der Waals surface area contributed by atoms with E-state index in [2.05, 4.69) is 164 Å². The summed E-state index contributed by atoms with van der Waals surface area (Å²) in [6.45, 7) is 4.67. The highest BCUT2D eigenvalue weighted by molar-refractivity contribution is 6.00. The van der Waals surface area contributed by atoms with Gasteiger partial charge in [0.2, 0.25) is 0 Å². The summed E-state index contributed by atoms with van der Waals surface area (Å²) in [7, 11) is 0. The zero-order valence-electron chi connectivity index (χ0n) is 33.4. The van der Waals surface area contributed by atoms with Crippen LogP contribution < -0.4 is 0 Å². The first-order valence-electron chi connectivity index (χ1n) is 20.5. The highest BCUT2D eigenvalue weighted by Gasteiger charge is 2.36. The number of fused-ring (bicyclic) bond motifs is 4. The lowest BCUT2D eigenvalue weighted by atomic mass is 9.81. The van der Waals surface area contributed by atoms with Gasteiger partial charge in [-0.05, 0) is 92.5 Å². The van der Waals surface area contributed by atoms with Crippen LogP contribution in [0.4, 0.5) is 0 Å². The zero-order chi connectivity index (χ0) is 40.2. The smallest absolute Gasteiger partial charge is 0.164 e. The maximum atomic E-state index is 5.04. The second kappa shape index (κ2) is 14.3. The molecule has 4 nitrogen and oxygen atoms in total. The summed E-state index contributed by atoms with van der Waals surface area (Å²) < 4.78 is 2.32. The van der Waals surface area contributed by atoms with Crippen molar-refractivity contribution in [2.75, 3.05) is 0 Å². The molecule has 1 aliphatic rings. The molecule has 10 aromatic rings. The minimum atomic E-state index is -0.247. The van der Waals surface area contributed by atoms with E-state index in [-0.39, 0.29) is 5.41 Å². The fourth-order valence-electron chi connectivity index (χ4n) is 8.93. The number of rotatable bonds is 7. The predicted molar refractivity (Wildman–Crippen MR) is 247 cm³/mol. The standard InChI is InChI=1S/C56H40N4/c1-56(2)50-34-42(40-22-15-23-43(32-40)49-36-60(45-24-13-6-14-25-45)52-31-28-41(33-48(49)52)37-16-7-3-8-17-37)26-29-46(50)47-30-27-44(35-51(47)56)55-58-53(38-18-9-4-10-19-38)57-54(59-55)39-20-11-5-12-21-39/h3-36H,1-2H3. The molecule has 284 valence electrons. The van der Waals surface area contributed by atoms with E-state index in [9.17, 15) is 0 Å². The fourth-order valence-corrected chi connectivity index (χ4v) is 8.93. The lowest BCUT2D eigenvalue weighted by Crippen LogP contribution is -2.15. The highest BCUT2D eigenvalue weighted by atomic mass is 15.0. The van der Waals surface area contributed by atoms with Gasteiger partial charge in [-0.2, -0.15) is 0 Å². The third kappa shape index (κ3) is 6.13. The SMILES string of the molecule is CC1(C)c2cc(-c3cccc(-c4cn(-c5ccccc5)c5ccc(-c6ccccc6)cc45)c3)ccc2-c2ccc(-c3nc(-c4ccccc4)nc(-c4ccccc4)n3)cc21. The Hall–Kier alpha value is -7.69. The molecule has 0 N–H and O–H groups in total. The van der Waals surface area contributed by atoms with Gasteiger partial charge >= 0.3 is 0 Å². The van der Waals surface area contributed by atoms with Gasteiger partial charge in [-0.25, -0.2) is 15.0 Å². The molecule has 0 unspecified atom stereocenters. The lowest BCUT2D eigenvalue weighted by Gasteiger charge is -2.22. The number of hydrogen-bond acceptors (Lipinski definition) is 3. The number of benzene rings is 8. The average Bonchev–Trinajstić information content (AvgIpc) is 3.81. The van der Waals surface area contributed by atoms with E-state index in [0.29, 0.717) is 17.5 Å². The normalized spacial score (nSPS) is 12.6. The van der Waals surface area contributed by atoms with Crippen molar-refractivity contribution < 1.29 is 0 Å². The summed E-state index contributed by atoms with van der Waals surface area (Å²) in [6.07, 6.45) is 2.30. The Morgan fingerprint density at radius 2 is 0.800 bits per heavy atom. The molecule has 0 spiro atoms. The van der Waals surface area contributed by atoms with Crippen LogP contribution in [-0.2, 0) is 5.41 Å². The van der Waals surface area contributed by atoms with Crippen LogP contribution in [-0.4, -0.2) is 19.5 Å². The van der Waals surface area contributed by atoms with Gasteiger partial charge in [0, 0.05) is 44.9 Å². The molecule has 0 saturated heterocycles. The molecule has 1 aliphatic carbocycles. The lowest BCUT2D eigenvalue weighted by molar-refractivity contribution is 0.661. The van der Waals surface area contributed by atoms with Crippen LogP contribution in [0.3, 0.4) is 0 Å². The van der Waals surface area contributed by atoms with Crippen LogP contribution in [0.5, 0.6) is 0 Å². The quantitative estimate of drug-likeness (QED) is 0.162. The first kappa shape index (κ1) is 35.5. The second-order valence-corrected chi connectivity index (χ2v) is 16.1. The topological polar surface area (TPSA) is 43.6 Å². The van der Waals surface area contributed by atoms with E-state index in [1.807, 2.05) is 60.7 Å². The molecule has 11 rings (SSSR count). The average molecular weight is 769 g/mol. The minimum Gasteiger partial charge on any atom is -0.316 e. The molecule has 8 aromatic carbocycles. The van der Waals surface area contributed by atoms with E-state index in [1.165, 1.54) is 66.5 Å². The monoisotopic (exact) mass is 768 g/mol. The maximum Gasteiger partial charge on any atom is 0.164 e. The first-order valence-corrected chi connectivity index (χ1v) is 20.5. The summed E-state index contributed by atoms with van der Waals surface area (Å²) in [5, 5.41) is 1.23. The molecule has 0 atom stereocenters. The van der Waals surface area contributed by atoms with Crippen LogP contribution in [0.15, 0.2) is 206 Å². The van der Waals surface area contributed by atoms with E-state index in [4.69, 9.17) is 15.0 Å². The molecule has 60 heavy (non-hydrogen) atoms. The summed E-state index contributed by atoms with van der Waals surface area (Å²) >= 11 is 0. The summed E-state index contributed by atoms with van der Waals surface area (Å²) in [5.41, 5.74) is 17.3. The minimum absolute atomic E-state index is 0.247. The van der Waals surface area contributed by atoms with Gasteiger partial charge < -0.3 is 4.57 Å². The van der Waals surface area contributed by atoms with E-state index >= 15 is 0 Å². The summed E-state index contributed by atoms with van der Waals surface area (Å²) in [5.74, 6) is 1.99. The molecule has 0 fully saturated rings. The van der Waals surface area contributed by atoms with Gasteiger partial charge in [0.15, 0.2) is 17.5 Å². The maximum absolute atomic E-state index is 5.04. The number of para-hydroxylation sites is 1. The molecule has 4 heteroatoms. The van der Waals surface area contributed by atoms with E-state index in [1.54, 1.807) is 0 Å². The van der Waals surface area contributed by atoms with E-state index in [0.717, 1.165) is 22.4 Å². The Kier molecular flexibility index (Phi) is 8.45. The van der Waals surface area contributed by atoms with Crippen LogP contribution in [0.1, 0.15) is 25.0 Å². The third-order valence-electron chi connectivity index (χ3n) is 12.1. The Labute approximate surface area is 350 Å². The van der Waals surface area contributed by atoms with E-state index < -0.39 is 0 Å². The molecule has 0 bridgehead atoms. The molecule has 2 aromatic heterocycles. The molecule has 0 amide bonds. The zero-order valence-corrected chi connectivity index (χ0v) is 33.4. The Bertz CT molecular complexity index is 3150. The first-order chi connectivity index (χ1) is 29.5. The van der Waals surface area contributed by atoms with Crippen molar-refractivity contribution in [1.29, 1.82) is 0 Å². The van der Waals surface area contributed by atoms with Crippen LogP contribution in [0.25, 0.3) is 95.3 Å². The predicted octanol–water partition coefficient (Wildman–Crippen LogP) is 14.1. The van der Waals surface area contributed by atoms with Crippen molar-refractivity contribution in [3.63, 3.8) is 0 Å². The molecule has 0 saturated carbocycles. The molecule has 0 radical (unpaired) electrons. The van der Waals surface area contributed by atoms with Crippen molar-refractivity contribution in [2.45, 2.75) is 19.3 Å². The Morgan fingerprint density at radius 3 is 1.42 bits per heavy atom. The summed E-state index contributed by atoms with van der Waals surface area (Å²) in [4.78, 5) is 15.0. The molecule has 0 aliphatic heterocycles. The number of hydrogen-bond donors (Lipinski definition) is 0. The van der Waals surface area contributed by atoms with Gasteiger partial charge in [-0.1, -0.05) is 172 Å². The van der Waals surface area contributed by atoms with Crippen LogP contribution >= 0.6 is 0 Å². The van der Waals surface area contributed by atoms with Crippen molar-refractivity contribution in [3.05, 3.63) is 218 Å². The van der Waals surface area contributed by atoms with Crippen LogP contribution in [0, 0.1) is 0 Å². The molecular formula is C56H40N4. The second-order valence-electron chi connectivity index (χ2n) is 16.1. The Balaban J connectivity index is 0.977. The van der Waals surface area contributed by atoms with Gasteiger partial charge in [-0.15, -0.1) is 0 Å². The van der Waals surface area contributed by atoms with Gasteiger partial charge in [0.05, 0.1) is 5.52 Å². The van der Waals surface area contributed by atoms with Gasteiger partial charge in [0.1, 0.15) is 0 Å². The number of aromatic nitrogens is 4. The third-order valence-corrected chi connectivity index (χ3v) is 12.1. The van der Waals surface area contributed by atoms with Gasteiger partial charge in [-0.3, -0.25) is 0 Å². The Morgan fingerprint density at radius 1 is 0.350 bits per heavy atom.